The van der Waals surface area contributed by atoms with Crippen LogP contribution in [0.1, 0.15) is 16.7 Å². The molecule has 1 aromatic rings. The summed E-state index contributed by atoms with van der Waals surface area (Å²) < 4.78 is 12.4. The molecule has 0 aliphatic carbocycles. The third-order valence-corrected chi connectivity index (χ3v) is 3.84. The Morgan fingerprint density at radius 2 is 1.64 bits per heavy atom. The first kappa shape index (κ1) is 8.60. The summed E-state index contributed by atoms with van der Waals surface area (Å²) in [6, 6.07) is 0. The minimum atomic E-state index is 0.803. The molecule has 14 heavy (non-hydrogen) atoms. The molecule has 3 heteroatoms. The highest BCUT2D eigenvalue weighted by atomic mass is 79.9. The summed E-state index contributed by atoms with van der Waals surface area (Å²) in [5, 5.41) is 0. The van der Waals surface area contributed by atoms with Crippen LogP contribution in [0.3, 0.4) is 0 Å². The van der Waals surface area contributed by atoms with Crippen molar-refractivity contribution in [2.45, 2.75) is 19.8 Å². The molecule has 1 aromatic carbocycles. The number of hydrogen-bond acceptors (Lipinski definition) is 2. The number of halogens is 1. The lowest BCUT2D eigenvalue weighted by molar-refractivity contribution is 0.354. The summed E-state index contributed by atoms with van der Waals surface area (Å²) in [6.45, 7) is 3.74. The molecule has 0 fully saturated rings. The van der Waals surface area contributed by atoms with Crippen LogP contribution in [-0.4, -0.2) is 13.2 Å². The van der Waals surface area contributed by atoms with Crippen molar-refractivity contribution in [3.05, 3.63) is 21.2 Å². The first-order chi connectivity index (χ1) is 6.79. The summed E-state index contributed by atoms with van der Waals surface area (Å²) in [5.41, 5.74) is 3.87. The predicted octanol–water partition coefficient (Wildman–Crippen LogP) is 2.63. The topological polar surface area (TPSA) is 18.5 Å². The van der Waals surface area contributed by atoms with E-state index >= 15 is 0 Å². The van der Waals surface area contributed by atoms with E-state index in [2.05, 4.69) is 22.9 Å². The van der Waals surface area contributed by atoms with Crippen LogP contribution < -0.4 is 9.47 Å². The summed E-state index contributed by atoms with van der Waals surface area (Å²) in [4.78, 5) is 0. The van der Waals surface area contributed by atoms with Gasteiger partial charge < -0.3 is 9.47 Å². The van der Waals surface area contributed by atoms with Crippen LogP contribution in [0.4, 0.5) is 0 Å². The van der Waals surface area contributed by atoms with E-state index in [0.717, 1.165) is 42.0 Å². The van der Waals surface area contributed by atoms with Gasteiger partial charge in [-0.1, -0.05) is 0 Å². The predicted molar refractivity (Wildman–Crippen MR) is 57.3 cm³/mol. The lowest BCUT2D eigenvalue weighted by Gasteiger charge is -2.11. The van der Waals surface area contributed by atoms with Gasteiger partial charge in [0, 0.05) is 24.0 Å². The van der Waals surface area contributed by atoms with Crippen molar-refractivity contribution in [2.24, 2.45) is 0 Å². The molecule has 0 N–H and O–H groups in total. The van der Waals surface area contributed by atoms with Crippen molar-refractivity contribution in [3.8, 4) is 11.5 Å². The average Bonchev–Trinajstić information content (AvgIpc) is 2.82. The molecule has 2 heterocycles. The number of ether oxygens (including phenoxy) is 2. The minimum absolute atomic E-state index is 0.803. The highest BCUT2D eigenvalue weighted by Crippen LogP contribution is 2.46. The van der Waals surface area contributed by atoms with Gasteiger partial charge in [0.25, 0.3) is 0 Å². The van der Waals surface area contributed by atoms with Gasteiger partial charge in [0.1, 0.15) is 11.5 Å². The maximum Gasteiger partial charge on any atom is 0.137 e. The quantitative estimate of drug-likeness (QED) is 0.709. The highest BCUT2D eigenvalue weighted by Gasteiger charge is 2.28. The molecule has 0 aromatic heterocycles. The van der Waals surface area contributed by atoms with Crippen LogP contribution in [0, 0.1) is 6.92 Å². The summed E-state index contributed by atoms with van der Waals surface area (Å²) in [6.07, 6.45) is 2.00. The Morgan fingerprint density at radius 1 is 1.00 bits per heavy atom. The second kappa shape index (κ2) is 2.89. The largest absolute Gasteiger partial charge is 0.493 e. The van der Waals surface area contributed by atoms with E-state index < -0.39 is 0 Å². The summed E-state index contributed by atoms with van der Waals surface area (Å²) in [5.74, 6) is 2.13. The molecule has 0 unspecified atom stereocenters. The van der Waals surface area contributed by atoms with Gasteiger partial charge in [0.15, 0.2) is 0 Å². The first-order valence-electron chi connectivity index (χ1n) is 4.88. The number of fused-ring (bicyclic) bond motifs is 2. The molecule has 0 spiro atoms. The number of benzene rings is 1. The fourth-order valence-electron chi connectivity index (χ4n) is 2.28. The Balaban J connectivity index is 2.33. The lowest BCUT2D eigenvalue weighted by Crippen LogP contribution is -1.92. The van der Waals surface area contributed by atoms with Crippen molar-refractivity contribution < 1.29 is 9.47 Å². The highest BCUT2D eigenvalue weighted by molar-refractivity contribution is 9.10. The van der Waals surface area contributed by atoms with Crippen LogP contribution in [-0.2, 0) is 12.8 Å². The molecule has 74 valence electrons. The maximum atomic E-state index is 5.65. The standard InChI is InChI=1S/C11H11BrO2/c1-6-7-2-4-14-11(7)9(12)8-3-5-13-10(6)8/h2-5H2,1H3. The molecule has 0 bridgehead atoms. The maximum absolute atomic E-state index is 5.65. The van der Waals surface area contributed by atoms with Crippen molar-refractivity contribution in [1.82, 2.24) is 0 Å². The molecule has 2 aliphatic heterocycles. The van der Waals surface area contributed by atoms with Crippen molar-refractivity contribution in [3.63, 3.8) is 0 Å². The molecular weight excluding hydrogens is 244 g/mol. The molecule has 0 saturated heterocycles. The van der Waals surface area contributed by atoms with Crippen LogP contribution >= 0.6 is 15.9 Å². The zero-order chi connectivity index (χ0) is 9.71. The lowest BCUT2D eigenvalue weighted by atomic mass is 10.0. The van der Waals surface area contributed by atoms with Crippen LogP contribution in [0.5, 0.6) is 11.5 Å². The third kappa shape index (κ3) is 0.962. The number of hydrogen-bond donors (Lipinski definition) is 0. The van der Waals surface area contributed by atoms with Crippen molar-refractivity contribution in [2.75, 3.05) is 13.2 Å². The third-order valence-electron chi connectivity index (χ3n) is 3.00. The van der Waals surface area contributed by atoms with E-state index in [1.165, 1.54) is 16.7 Å². The molecule has 2 aliphatic rings. The Morgan fingerprint density at radius 3 is 2.43 bits per heavy atom. The van der Waals surface area contributed by atoms with Gasteiger partial charge >= 0.3 is 0 Å². The summed E-state index contributed by atoms with van der Waals surface area (Å²) >= 11 is 3.61. The second-order valence-electron chi connectivity index (χ2n) is 3.75. The Hall–Kier alpha value is -0.700. The fraction of sp³-hybridized carbons (Fsp3) is 0.455. The second-order valence-corrected chi connectivity index (χ2v) is 4.54. The Bertz CT molecular complexity index is 340. The van der Waals surface area contributed by atoms with Gasteiger partial charge in [-0.05, 0) is 28.4 Å². The zero-order valence-electron chi connectivity index (χ0n) is 8.02. The van der Waals surface area contributed by atoms with Gasteiger partial charge in [-0.25, -0.2) is 0 Å². The Labute approximate surface area is 91.3 Å². The molecular formula is C11H11BrO2. The molecule has 0 amide bonds. The van der Waals surface area contributed by atoms with E-state index in [1.54, 1.807) is 0 Å². The normalized spacial score (nSPS) is 17.3. The molecule has 3 rings (SSSR count). The van der Waals surface area contributed by atoms with E-state index in [4.69, 9.17) is 9.47 Å². The van der Waals surface area contributed by atoms with E-state index in [1.807, 2.05) is 0 Å². The van der Waals surface area contributed by atoms with Gasteiger partial charge in [-0.3, -0.25) is 0 Å². The average molecular weight is 255 g/mol. The zero-order valence-corrected chi connectivity index (χ0v) is 9.61. The van der Waals surface area contributed by atoms with E-state index in [9.17, 15) is 0 Å². The molecule has 2 nitrogen and oxygen atoms in total. The molecule has 0 radical (unpaired) electrons. The van der Waals surface area contributed by atoms with E-state index in [-0.39, 0.29) is 0 Å². The summed E-state index contributed by atoms with van der Waals surface area (Å²) in [7, 11) is 0. The van der Waals surface area contributed by atoms with Crippen molar-refractivity contribution in [1.29, 1.82) is 0 Å². The fourth-order valence-corrected chi connectivity index (χ4v) is 3.02. The van der Waals surface area contributed by atoms with Crippen LogP contribution in [0.15, 0.2) is 4.47 Å². The molecule has 0 atom stereocenters. The van der Waals surface area contributed by atoms with E-state index in [0.29, 0.717) is 0 Å². The van der Waals surface area contributed by atoms with Gasteiger partial charge in [0.05, 0.1) is 17.7 Å². The van der Waals surface area contributed by atoms with Crippen molar-refractivity contribution >= 4 is 15.9 Å². The minimum Gasteiger partial charge on any atom is -0.493 e. The van der Waals surface area contributed by atoms with Crippen LogP contribution in [0.2, 0.25) is 0 Å². The van der Waals surface area contributed by atoms with Gasteiger partial charge in [-0.15, -0.1) is 0 Å². The Kier molecular flexibility index (Phi) is 1.78. The van der Waals surface area contributed by atoms with Crippen LogP contribution in [0.25, 0.3) is 0 Å². The number of rotatable bonds is 0. The first-order valence-corrected chi connectivity index (χ1v) is 5.67. The monoisotopic (exact) mass is 254 g/mol. The SMILES string of the molecule is Cc1c2c(c(Br)c3c1OCC3)OCC2. The van der Waals surface area contributed by atoms with Gasteiger partial charge in [0.2, 0.25) is 0 Å². The molecule has 0 saturated carbocycles. The van der Waals surface area contributed by atoms with Gasteiger partial charge in [-0.2, -0.15) is 0 Å². The smallest absolute Gasteiger partial charge is 0.137 e.